The van der Waals surface area contributed by atoms with Gasteiger partial charge in [0.25, 0.3) is 0 Å². The van der Waals surface area contributed by atoms with E-state index in [-0.39, 0.29) is 0 Å². The highest BCUT2D eigenvalue weighted by atomic mass is 16.3. The van der Waals surface area contributed by atoms with E-state index < -0.39 is 36.9 Å². The van der Waals surface area contributed by atoms with Crippen molar-refractivity contribution < 1.29 is 25.2 Å². The maximum absolute atomic E-state index is 12.5. The molecule has 4 unspecified atom stereocenters. The Hall–Kier alpha value is -1.73. The van der Waals surface area contributed by atoms with Gasteiger partial charge >= 0.3 is 0 Å². The molecule has 0 heterocycles. The van der Waals surface area contributed by atoms with Gasteiger partial charge in [0.15, 0.2) is 0 Å². The lowest BCUT2D eigenvalue weighted by Crippen LogP contribution is -2.53. The maximum atomic E-state index is 12.5. The van der Waals surface area contributed by atoms with Crippen LogP contribution in [-0.2, 0) is 4.79 Å². The van der Waals surface area contributed by atoms with Crippen LogP contribution >= 0.6 is 0 Å². The van der Waals surface area contributed by atoms with Gasteiger partial charge in [0.05, 0.1) is 18.8 Å². The summed E-state index contributed by atoms with van der Waals surface area (Å²) in [6.07, 6.45) is 66.3. The Labute approximate surface area is 398 Å². The van der Waals surface area contributed by atoms with Crippen molar-refractivity contribution in [2.45, 2.75) is 308 Å². The molecule has 0 aliphatic heterocycles. The largest absolute Gasteiger partial charge is 0.394 e. The summed E-state index contributed by atoms with van der Waals surface area (Å²) >= 11 is 0. The molecular weight excluding hydrogens is 791 g/mol. The second kappa shape index (κ2) is 52.2. The first-order chi connectivity index (χ1) is 31.5. The standard InChI is InChI=1S/C58H109NO5/c1-3-5-7-9-11-13-15-17-18-19-20-21-22-23-24-25-26-27-28-29-30-31-32-33-34-35-36-37-38-39-40-42-44-46-48-50-52-56(62)58(64)59-54(53-60)57(63)55(61)51-49-47-45-43-41-16-14-12-10-8-6-4-2/h12,14,24-25,27-28,43,45,54-57,60-63H,3-11,13,15-23,26,29-42,44,46-53H2,1-2H3,(H,59,64)/b14-12+,25-24-,28-27-,45-43+. The first-order valence-electron chi connectivity index (χ1n) is 28.0. The van der Waals surface area contributed by atoms with Crippen molar-refractivity contribution in [2.24, 2.45) is 0 Å². The van der Waals surface area contributed by atoms with Gasteiger partial charge in [-0.05, 0) is 83.5 Å². The van der Waals surface area contributed by atoms with E-state index in [1.165, 1.54) is 199 Å². The van der Waals surface area contributed by atoms with Crippen LogP contribution in [0.1, 0.15) is 284 Å². The Kier molecular flexibility index (Phi) is 50.8. The summed E-state index contributed by atoms with van der Waals surface area (Å²) in [4.78, 5) is 12.5. The van der Waals surface area contributed by atoms with E-state index in [4.69, 9.17) is 0 Å². The fourth-order valence-corrected chi connectivity index (χ4v) is 8.57. The summed E-state index contributed by atoms with van der Waals surface area (Å²) in [5.74, 6) is -0.597. The van der Waals surface area contributed by atoms with Crippen molar-refractivity contribution in [1.82, 2.24) is 5.32 Å². The van der Waals surface area contributed by atoms with E-state index in [9.17, 15) is 25.2 Å². The number of carbonyl (C=O) groups excluding carboxylic acids is 1. The third-order valence-electron chi connectivity index (χ3n) is 13.0. The van der Waals surface area contributed by atoms with Gasteiger partial charge in [0.2, 0.25) is 5.91 Å². The number of amides is 1. The number of nitrogens with one attached hydrogen (secondary N) is 1. The SMILES string of the molecule is CCCCC/C=C/CC/C=C/CCCC(O)C(O)C(CO)NC(=O)C(O)CCCCCCCCCCCCCCCCCC/C=C\C/C=C\CCCCCCCCCCCCCCC. The normalized spacial score (nSPS) is 14.2. The predicted molar refractivity (Wildman–Crippen MR) is 279 cm³/mol. The molecule has 0 aromatic rings. The molecule has 0 saturated heterocycles. The highest BCUT2D eigenvalue weighted by Crippen LogP contribution is 2.17. The van der Waals surface area contributed by atoms with E-state index >= 15 is 0 Å². The van der Waals surface area contributed by atoms with Gasteiger partial charge in [-0.2, -0.15) is 0 Å². The van der Waals surface area contributed by atoms with E-state index in [1.54, 1.807) is 0 Å². The smallest absolute Gasteiger partial charge is 0.249 e. The second-order valence-electron chi connectivity index (χ2n) is 19.3. The molecule has 0 aliphatic carbocycles. The van der Waals surface area contributed by atoms with Crippen LogP contribution in [0.3, 0.4) is 0 Å². The van der Waals surface area contributed by atoms with Gasteiger partial charge in [0.1, 0.15) is 12.2 Å². The van der Waals surface area contributed by atoms with Crippen LogP contribution in [0.5, 0.6) is 0 Å². The van der Waals surface area contributed by atoms with Crippen molar-refractivity contribution in [3.05, 3.63) is 48.6 Å². The molecular formula is C58H109NO5. The summed E-state index contributed by atoms with van der Waals surface area (Å²) in [7, 11) is 0. The van der Waals surface area contributed by atoms with Crippen LogP contribution in [0, 0.1) is 0 Å². The predicted octanol–water partition coefficient (Wildman–Crippen LogP) is 16.2. The third-order valence-corrected chi connectivity index (χ3v) is 13.0. The summed E-state index contributed by atoms with van der Waals surface area (Å²) < 4.78 is 0. The number of aliphatic hydroxyl groups excluding tert-OH is 4. The summed E-state index contributed by atoms with van der Waals surface area (Å²) in [5, 5.41) is 43.7. The Morgan fingerprint density at radius 1 is 0.391 bits per heavy atom. The molecule has 0 aliphatic rings. The van der Waals surface area contributed by atoms with Crippen molar-refractivity contribution in [2.75, 3.05) is 6.61 Å². The Morgan fingerprint density at radius 2 is 0.703 bits per heavy atom. The van der Waals surface area contributed by atoms with Crippen molar-refractivity contribution in [3.8, 4) is 0 Å². The molecule has 0 radical (unpaired) electrons. The van der Waals surface area contributed by atoms with Gasteiger partial charge in [-0.15, -0.1) is 0 Å². The molecule has 376 valence electrons. The quantitative estimate of drug-likeness (QED) is 0.0309. The highest BCUT2D eigenvalue weighted by Gasteiger charge is 2.28. The lowest BCUT2D eigenvalue weighted by Gasteiger charge is -2.27. The molecule has 0 aromatic heterocycles. The molecule has 1 amide bonds. The summed E-state index contributed by atoms with van der Waals surface area (Å²) in [6, 6.07) is -1.01. The van der Waals surface area contributed by atoms with E-state index in [2.05, 4.69) is 67.8 Å². The molecule has 64 heavy (non-hydrogen) atoms. The Balaban J connectivity index is 3.56. The number of hydrogen-bond donors (Lipinski definition) is 5. The lowest BCUT2D eigenvalue weighted by atomic mass is 10.00. The Morgan fingerprint density at radius 3 is 1.11 bits per heavy atom. The van der Waals surface area contributed by atoms with Crippen LogP contribution in [0.2, 0.25) is 0 Å². The Bertz CT molecular complexity index is 1060. The molecule has 0 fully saturated rings. The van der Waals surface area contributed by atoms with Gasteiger partial charge in [0, 0.05) is 0 Å². The molecule has 0 spiro atoms. The minimum absolute atomic E-state index is 0.360. The molecule has 0 aromatic carbocycles. The van der Waals surface area contributed by atoms with Crippen molar-refractivity contribution in [1.29, 1.82) is 0 Å². The van der Waals surface area contributed by atoms with E-state index in [1.807, 2.05) is 0 Å². The number of unbranched alkanes of at least 4 members (excludes halogenated alkanes) is 34. The molecule has 4 atom stereocenters. The van der Waals surface area contributed by atoms with Gasteiger partial charge in [-0.1, -0.05) is 249 Å². The molecule has 0 saturated carbocycles. The van der Waals surface area contributed by atoms with E-state index in [0.717, 1.165) is 51.4 Å². The van der Waals surface area contributed by atoms with Crippen LogP contribution in [0.15, 0.2) is 48.6 Å². The van der Waals surface area contributed by atoms with Gasteiger partial charge in [-0.25, -0.2) is 0 Å². The van der Waals surface area contributed by atoms with Crippen LogP contribution < -0.4 is 5.32 Å². The van der Waals surface area contributed by atoms with Crippen LogP contribution in [0.4, 0.5) is 0 Å². The molecule has 0 bridgehead atoms. The highest BCUT2D eigenvalue weighted by molar-refractivity contribution is 5.80. The first kappa shape index (κ1) is 62.3. The summed E-state index contributed by atoms with van der Waals surface area (Å²) in [6.45, 7) is 4.01. The monoisotopic (exact) mass is 900 g/mol. The number of hydrogen-bond acceptors (Lipinski definition) is 5. The zero-order chi connectivity index (χ0) is 46.7. The van der Waals surface area contributed by atoms with Crippen molar-refractivity contribution >= 4 is 5.91 Å². The zero-order valence-corrected chi connectivity index (χ0v) is 42.5. The topological polar surface area (TPSA) is 110 Å². The molecule has 6 nitrogen and oxygen atoms in total. The zero-order valence-electron chi connectivity index (χ0n) is 42.5. The minimum Gasteiger partial charge on any atom is -0.394 e. The van der Waals surface area contributed by atoms with Gasteiger partial charge in [-0.3, -0.25) is 4.79 Å². The molecule has 6 heteroatoms. The second-order valence-corrected chi connectivity index (χ2v) is 19.3. The molecule has 0 rings (SSSR count). The van der Waals surface area contributed by atoms with E-state index in [0.29, 0.717) is 19.3 Å². The number of aliphatic hydroxyl groups is 4. The number of allylic oxidation sites excluding steroid dienone is 8. The van der Waals surface area contributed by atoms with Crippen molar-refractivity contribution in [3.63, 3.8) is 0 Å². The molecule has 5 N–H and O–H groups in total. The number of rotatable bonds is 51. The maximum Gasteiger partial charge on any atom is 0.249 e. The fourth-order valence-electron chi connectivity index (χ4n) is 8.57. The first-order valence-corrected chi connectivity index (χ1v) is 28.0. The third kappa shape index (κ3) is 45.4. The average molecular weight is 901 g/mol. The fraction of sp³-hybridized carbons (Fsp3) is 0.845. The van der Waals surface area contributed by atoms with Gasteiger partial charge < -0.3 is 25.7 Å². The van der Waals surface area contributed by atoms with Crippen LogP contribution in [0.25, 0.3) is 0 Å². The summed E-state index contributed by atoms with van der Waals surface area (Å²) in [5.41, 5.74) is 0. The van der Waals surface area contributed by atoms with Crippen LogP contribution in [-0.4, -0.2) is 57.3 Å². The number of carbonyl (C=O) groups is 1. The lowest BCUT2D eigenvalue weighted by molar-refractivity contribution is -0.132. The average Bonchev–Trinajstić information content (AvgIpc) is 3.30. The minimum atomic E-state index is -1.29.